The summed E-state index contributed by atoms with van der Waals surface area (Å²) in [5, 5.41) is 30.2. The molecule has 2 aliphatic rings. The van der Waals surface area contributed by atoms with Crippen molar-refractivity contribution in [2.45, 2.75) is 39.2 Å². The fraction of sp³-hybridized carbons (Fsp3) is 0.417. The van der Waals surface area contributed by atoms with Crippen LogP contribution in [0.15, 0.2) is 30.3 Å². The summed E-state index contributed by atoms with van der Waals surface area (Å²) < 4.78 is 5.77. The van der Waals surface area contributed by atoms with Crippen LogP contribution in [0.4, 0.5) is 5.82 Å². The molecule has 150 valence electrons. The molecular weight excluding hydrogens is 374 g/mol. The van der Waals surface area contributed by atoms with Crippen LogP contribution in [0.25, 0.3) is 11.1 Å². The highest BCUT2D eigenvalue weighted by Gasteiger charge is 2.51. The van der Waals surface area contributed by atoms with E-state index in [0.29, 0.717) is 24.0 Å². The first-order chi connectivity index (χ1) is 14.6. The maximum atomic E-state index is 10.1. The molecule has 0 saturated carbocycles. The second-order valence-electron chi connectivity index (χ2n) is 8.09. The lowest BCUT2D eigenvalue weighted by atomic mass is 9.68. The molecule has 0 spiro atoms. The maximum absolute atomic E-state index is 10.1. The molecule has 0 radical (unpaired) electrons. The number of nitriles is 3. The first-order valence-corrected chi connectivity index (χ1v) is 10.3. The average molecular weight is 397 g/mol. The minimum atomic E-state index is -1.17. The Balaban J connectivity index is 2.04. The Morgan fingerprint density at radius 1 is 1.20 bits per heavy atom. The third-order valence-corrected chi connectivity index (χ3v) is 6.26. The third kappa shape index (κ3) is 2.95. The molecule has 1 aromatic heterocycles. The van der Waals surface area contributed by atoms with Crippen molar-refractivity contribution in [1.82, 2.24) is 4.98 Å². The van der Waals surface area contributed by atoms with E-state index in [1.165, 1.54) is 0 Å². The van der Waals surface area contributed by atoms with Crippen LogP contribution in [-0.2, 0) is 6.42 Å². The van der Waals surface area contributed by atoms with Crippen LogP contribution in [0.3, 0.4) is 0 Å². The predicted molar refractivity (Wildman–Crippen MR) is 112 cm³/mol. The van der Waals surface area contributed by atoms with E-state index in [0.717, 1.165) is 41.9 Å². The molecule has 1 aromatic carbocycles. The Kier molecular flexibility index (Phi) is 5.06. The van der Waals surface area contributed by atoms with E-state index >= 15 is 0 Å². The Morgan fingerprint density at radius 2 is 1.93 bits per heavy atom. The molecule has 1 fully saturated rings. The number of hydrogen-bond acceptors (Lipinski definition) is 6. The van der Waals surface area contributed by atoms with Crippen molar-refractivity contribution in [3.63, 3.8) is 0 Å². The summed E-state index contributed by atoms with van der Waals surface area (Å²) >= 11 is 0. The molecule has 2 aliphatic heterocycles. The largest absolute Gasteiger partial charge is 0.477 e. The highest BCUT2D eigenvalue weighted by Crippen LogP contribution is 2.49. The zero-order valence-electron chi connectivity index (χ0n) is 17.2. The van der Waals surface area contributed by atoms with Gasteiger partial charge in [0.05, 0.1) is 24.8 Å². The van der Waals surface area contributed by atoms with E-state index in [1.807, 2.05) is 37.3 Å². The van der Waals surface area contributed by atoms with Crippen LogP contribution >= 0.6 is 0 Å². The zero-order valence-corrected chi connectivity index (χ0v) is 17.2. The van der Waals surface area contributed by atoms with Crippen LogP contribution in [0, 0.1) is 45.3 Å². The van der Waals surface area contributed by atoms with Crippen LogP contribution in [0.2, 0.25) is 0 Å². The molecule has 0 aliphatic carbocycles. The quantitative estimate of drug-likeness (QED) is 0.769. The van der Waals surface area contributed by atoms with Gasteiger partial charge < -0.3 is 9.64 Å². The van der Waals surface area contributed by atoms with Gasteiger partial charge in [-0.3, -0.25) is 0 Å². The van der Waals surface area contributed by atoms with Gasteiger partial charge in [0.1, 0.15) is 17.5 Å². The number of fused-ring (bicyclic) bond motifs is 3. The van der Waals surface area contributed by atoms with Gasteiger partial charge >= 0.3 is 0 Å². The van der Waals surface area contributed by atoms with Gasteiger partial charge in [-0.1, -0.05) is 37.3 Å². The zero-order chi connectivity index (χ0) is 21.3. The van der Waals surface area contributed by atoms with Gasteiger partial charge in [0.15, 0.2) is 5.41 Å². The second kappa shape index (κ2) is 7.69. The van der Waals surface area contributed by atoms with Gasteiger partial charge in [-0.05, 0) is 31.2 Å². The van der Waals surface area contributed by atoms with Crippen LogP contribution < -0.4 is 9.64 Å². The minimum Gasteiger partial charge on any atom is -0.477 e. The van der Waals surface area contributed by atoms with Gasteiger partial charge in [0, 0.05) is 24.1 Å². The molecule has 3 heterocycles. The maximum Gasteiger partial charge on any atom is 0.234 e. The third-order valence-electron chi connectivity index (χ3n) is 6.26. The number of benzene rings is 1. The van der Waals surface area contributed by atoms with E-state index in [1.54, 1.807) is 0 Å². The standard InChI is InChI=1S/C24H23N5O/c1-3-30-23-19(13-25)21(17-7-5-4-6-8-17)18-12-24(14-26,15-27)20-11-16(2)9-10-29(20)22(18)28-23/h4-8,16,20H,3,9-12H2,1-2H3/t16-,20-/m1/s1. The van der Waals surface area contributed by atoms with E-state index in [2.05, 4.69) is 30.0 Å². The lowest BCUT2D eigenvalue weighted by Gasteiger charge is -2.49. The first-order valence-electron chi connectivity index (χ1n) is 10.3. The summed E-state index contributed by atoms with van der Waals surface area (Å²) in [6, 6.07) is 16.4. The van der Waals surface area contributed by atoms with Gasteiger partial charge in [0.2, 0.25) is 5.88 Å². The van der Waals surface area contributed by atoms with Crippen molar-refractivity contribution in [2.24, 2.45) is 11.3 Å². The predicted octanol–water partition coefficient (Wildman–Crippen LogP) is 4.21. The van der Waals surface area contributed by atoms with E-state index in [9.17, 15) is 15.8 Å². The SMILES string of the molecule is CCOc1nc2c(c(-c3ccccc3)c1C#N)CC(C#N)(C#N)[C@H]1C[C@H](C)CCN21. The molecule has 0 bridgehead atoms. The topological polar surface area (TPSA) is 96.7 Å². The number of pyridine rings is 1. The van der Waals surface area contributed by atoms with Gasteiger partial charge in [-0.15, -0.1) is 0 Å². The number of hydrogen-bond donors (Lipinski definition) is 0. The molecule has 30 heavy (non-hydrogen) atoms. The van der Waals surface area contributed by atoms with Crippen molar-refractivity contribution in [3.8, 4) is 35.2 Å². The molecule has 6 nitrogen and oxygen atoms in total. The first kappa shape index (κ1) is 19.7. The normalized spacial score (nSPS) is 21.4. The Bertz CT molecular complexity index is 1080. The van der Waals surface area contributed by atoms with Crippen molar-refractivity contribution < 1.29 is 4.74 Å². The summed E-state index contributed by atoms with van der Waals surface area (Å²) in [6.07, 6.45) is 1.99. The lowest BCUT2D eigenvalue weighted by Crippen LogP contribution is -2.55. The summed E-state index contributed by atoms with van der Waals surface area (Å²) in [5.74, 6) is 1.50. The van der Waals surface area contributed by atoms with Crippen molar-refractivity contribution in [3.05, 3.63) is 41.5 Å². The molecular formula is C24H23N5O. The molecule has 2 atom stereocenters. The van der Waals surface area contributed by atoms with Gasteiger partial charge in [0.25, 0.3) is 0 Å². The van der Waals surface area contributed by atoms with Crippen LogP contribution in [0.1, 0.15) is 37.8 Å². The lowest BCUT2D eigenvalue weighted by molar-refractivity contribution is 0.257. The fourth-order valence-corrected chi connectivity index (χ4v) is 4.77. The highest BCUT2D eigenvalue weighted by atomic mass is 16.5. The monoisotopic (exact) mass is 397 g/mol. The smallest absolute Gasteiger partial charge is 0.234 e. The van der Waals surface area contributed by atoms with Gasteiger partial charge in [-0.25, -0.2) is 0 Å². The van der Waals surface area contributed by atoms with E-state index in [-0.39, 0.29) is 12.5 Å². The molecule has 0 N–H and O–H groups in total. The van der Waals surface area contributed by atoms with Crippen molar-refractivity contribution in [2.75, 3.05) is 18.1 Å². The second-order valence-corrected chi connectivity index (χ2v) is 8.09. The summed E-state index contributed by atoms with van der Waals surface area (Å²) in [5.41, 5.74) is 1.55. The summed E-state index contributed by atoms with van der Waals surface area (Å²) in [4.78, 5) is 6.88. The number of nitrogens with zero attached hydrogens (tertiary/aromatic N) is 5. The number of rotatable bonds is 3. The molecule has 2 aromatic rings. The van der Waals surface area contributed by atoms with Crippen LogP contribution in [-0.4, -0.2) is 24.2 Å². The molecule has 1 saturated heterocycles. The highest BCUT2D eigenvalue weighted by molar-refractivity contribution is 5.81. The average Bonchev–Trinajstić information content (AvgIpc) is 2.78. The molecule has 0 unspecified atom stereocenters. The van der Waals surface area contributed by atoms with Crippen molar-refractivity contribution >= 4 is 5.82 Å². The number of anilines is 1. The Morgan fingerprint density at radius 3 is 2.57 bits per heavy atom. The molecule has 0 amide bonds. The summed E-state index contributed by atoms with van der Waals surface area (Å²) in [6.45, 7) is 5.16. The molecule has 6 heteroatoms. The van der Waals surface area contributed by atoms with Crippen LogP contribution in [0.5, 0.6) is 5.88 Å². The molecule has 4 rings (SSSR count). The minimum absolute atomic E-state index is 0.220. The van der Waals surface area contributed by atoms with E-state index < -0.39 is 5.41 Å². The fourth-order valence-electron chi connectivity index (χ4n) is 4.77. The number of ether oxygens (including phenoxy) is 1. The number of aromatic nitrogens is 1. The summed E-state index contributed by atoms with van der Waals surface area (Å²) in [7, 11) is 0. The van der Waals surface area contributed by atoms with Gasteiger partial charge in [-0.2, -0.15) is 20.8 Å². The Labute approximate surface area is 176 Å². The Hall–Kier alpha value is -3.56. The van der Waals surface area contributed by atoms with E-state index in [4.69, 9.17) is 9.72 Å². The number of piperidine rings is 1. The van der Waals surface area contributed by atoms with Crippen molar-refractivity contribution in [1.29, 1.82) is 15.8 Å².